The first kappa shape index (κ1) is 58.0. The van der Waals surface area contributed by atoms with Crippen molar-refractivity contribution in [3.05, 3.63) is 148 Å². The average Bonchev–Trinajstić information content (AvgIpc) is 4.22. The van der Waals surface area contributed by atoms with Crippen LogP contribution in [0.3, 0.4) is 0 Å². The van der Waals surface area contributed by atoms with Crippen molar-refractivity contribution in [1.82, 2.24) is 0 Å². The SMILES string of the molecule is CCCc1ccc2c(c1-c1cc([Si](C)(C)C)cc([Si](C)(C)C)c1)C=C(CC(C)C)[CH]2[Zr]([Cl])([Cl])([c]1cccc2c1[SiH2]c1ccccc1-2)[CH]1C(CC(C)C)=Cc2c1ccc(CCC)c2-c1cc([Si](C)(C)C)cc([Si](C)(C)C)c1. The number of aryl methyl sites for hydroxylation is 2. The summed E-state index contributed by atoms with van der Waals surface area (Å²) in [5, 5.41) is 9.26. The van der Waals surface area contributed by atoms with Crippen molar-refractivity contribution in [3.63, 3.8) is 0 Å². The van der Waals surface area contributed by atoms with Crippen LogP contribution >= 0.6 is 17.0 Å². The zero-order valence-electron chi connectivity index (χ0n) is 50.0. The summed E-state index contributed by atoms with van der Waals surface area (Å²) in [6.45, 7) is 44.7. The maximum atomic E-state index is 9.85. The molecule has 2 aliphatic carbocycles. The van der Waals surface area contributed by atoms with Crippen LogP contribution in [0, 0.1) is 11.8 Å². The van der Waals surface area contributed by atoms with Gasteiger partial charge in [-0.3, -0.25) is 0 Å². The standard InChI is InChI=1S/2C28H41Si2.C12H9Si.2ClH.Zr/c2*1-10-11-22-12-13-23-15-21(14-20(2)3)16-27(23)28(22)24-17-25(29(4,5)6)19-26(18-24)30(7,8)9;1-3-7-11-9(5-1)10-6-2-4-8-12(10)13-11;;;/h2*12-13,15-20H,10-11,14H2,1-9H3;1-7H,13H2;2*1H;/q;;;;;+2/p-2. The molecule has 9 rings (SSSR count). The molecule has 6 aromatic carbocycles. The van der Waals surface area contributed by atoms with E-state index in [0.717, 1.165) is 38.5 Å². The van der Waals surface area contributed by atoms with Crippen LogP contribution in [0.5, 0.6) is 0 Å². The topological polar surface area (TPSA) is 0 Å². The first-order valence-corrected chi connectivity index (χ1v) is 55.1. The third kappa shape index (κ3) is 10.6. The first-order chi connectivity index (χ1) is 35.4. The van der Waals surface area contributed by atoms with Gasteiger partial charge in [0.15, 0.2) is 0 Å². The van der Waals surface area contributed by atoms with Gasteiger partial charge >= 0.3 is 481 Å². The summed E-state index contributed by atoms with van der Waals surface area (Å²) in [4.78, 5) is 0. The van der Waals surface area contributed by atoms with E-state index in [4.69, 9.17) is 0 Å². The molecule has 0 N–H and O–H groups in total. The molecule has 0 fully saturated rings. The Kier molecular flexibility index (Phi) is 16.1. The number of fused-ring (bicyclic) bond motifs is 5. The van der Waals surface area contributed by atoms with E-state index >= 15 is 0 Å². The molecular weight excluding hydrogens is 1120 g/mol. The summed E-state index contributed by atoms with van der Waals surface area (Å²) >= 11 is -5.89. The predicted molar refractivity (Wildman–Crippen MR) is 355 cm³/mol. The van der Waals surface area contributed by atoms with Crippen LogP contribution < -0.4 is 34.4 Å². The Labute approximate surface area is 476 Å². The Balaban J connectivity index is 1.43. The fourth-order valence-corrected chi connectivity index (χ4v) is 46.5. The molecular formula is C68H91Cl2Si5Zr. The van der Waals surface area contributed by atoms with Crippen LogP contribution in [-0.2, 0) is 29.2 Å². The number of hydrogen-bond donors (Lipinski definition) is 0. The Bertz CT molecular complexity index is 3080. The summed E-state index contributed by atoms with van der Waals surface area (Å²) < 4.78 is 1.11. The number of halogens is 2. The summed E-state index contributed by atoms with van der Waals surface area (Å²) in [5.74, 6) is 0.846. The van der Waals surface area contributed by atoms with E-state index in [1.165, 1.54) is 91.6 Å². The Morgan fingerprint density at radius 3 is 1.26 bits per heavy atom. The third-order valence-corrected chi connectivity index (χ3v) is 48.3. The van der Waals surface area contributed by atoms with Crippen molar-refractivity contribution >= 4 is 105 Å². The number of hydrogen-bond acceptors (Lipinski definition) is 0. The van der Waals surface area contributed by atoms with Crippen molar-refractivity contribution in [3.8, 4) is 33.4 Å². The van der Waals surface area contributed by atoms with E-state index in [0.29, 0.717) is 11.8 Å². The van der Waals surface area contributed by atoms with Gasteiger partial charge in [0, 0.05) is 0 Å². The van der Waals surface area contributed by atoms with Gasteiger partial charge < -0.3 is 0 Å². The molecule has 3 aliphatic rings. The van der Waals surface area contributed by atoms with Gasteiger partial charge in [-0.2, -0.15) is 0 Å². The van der Waals surface area contributed by atoms with Crippen LogP contribution in [0.25, 0.3) is 45.5 Å². The summed E-state index contributed by atoms with van der Waals surface area (Å²) in [5.41, 5.74) is 19.8. The van der Waals surface area contributed by atoms with Gasteiger partial charge in [0.2, 0.25) is 0 Å². The molecule has 0 nitrogen and oxygen atoms in total. The van der Waals surface area contributed by atoms with E-state index < -0.39 is 58.2 Å². The molecule has 1 heterocycles. The minimum absolute atomic E-state index is 0.114. The van der Waals surface area contributed by atoms with Gasteiger partial charge in [0.25, 0.3) is 0 Å². The van der Waals surface area contributed by atoms with Crippen molar-refractivity contribution in [1.29, 1.82) is 0 Å². The molecule has 0 bridgehead atoms. The fraction of sp³-hybridized carbons (Fsp3) is 0.412. The van der Waals surface area contributed by atoms with Crippen molar-refractivity contribution < 1.29 is 16.4 Å². The van der Waals surface area contributed by atoms with Gasteiger partial charge in [0.05, 0.1) is 0 Å². The van der Waals surface area contributed by atoms with E-state index in [1.807, 2.05) is 0 Å². The van der Waals surface area contributed by atoms with Crippen molar-refractivity contribution in [2.24, 2.45) is 11.8 Å². The van der Waals surface area contributed by atoms with Gasteiger partial charge in [-0.05, 0) is 0 Å². The molecule has 0 radical (unpaired) electrons. The van der Waals surface area contributed by atoms with Crippen LogP contribution in [0.4, 0.5) is 0 Å². The molecule has 0 saturated carbocycles. The summed E-state index contributed by atoms with van der Waals surface area (Å²) in [7, 11) is 12.0. The molecule has 0 aromatic heterocycles. The molecule has 2 atom stereocenters. The third-order valence-electron chi connectivity index (χ3n) is 17.4. The van der Waals surface area contributed by atoms with E-state index in [2.05, 4.69) is 235 Å². The number of allylic oxidation sites excluding steroid dienone is 2. The van der Waals surface area contributed by atoms with Crippen LogP contribution in [0.2, 0.25) is 78.6 Å². The molecule has 6 aromatic rings. The molecule has 76 heavy (non-hydrogen) atoms. The van der Waals surface area contributed by atoms with Gasteiger partial charge in [0.1, 0.15) is 0 Å². The van der Waals surface area contributed by atoms with Crippen molar-refractivity contribution in [2.75, 3.05) is 0 Å². The van der Waals surface area contributed by atoms with Gasteiger partial charge in [-0.1, -0.05) is 0 Å². The van der Waals surface area contributed by atoms with Crippen molar-refractivity contribution in [2.45, 2.75) is 166 Å². The quantitative estimate of drug-likeness (QED) is 0.0797. The number of rotatable bonds is 17. The molecule has 1 aliphatic heterocycles. The van der Waals surface area contributed by atoms with Crippen LogP contribution in [0.15, 0.2) is 114 Å². The van der Waals surface area contributed by atoms with Crippen LogP contribution in [-0.4, -0.2) is 41.8 Å². The first-order valence-electron chi connectivity index (χ1n) is 29.3. The Hall–Kier alpha value is -2.65. The minimum atomic E-state index is -5.89. The second kappa shape index (κ2) is 21.0. The van der Waals surface area contributed by atoms with Crippen LogP contribution in [0.1, 0.15) is 108 Å². The van der Waals surface area contributed by atoms with E-state index in [-0.39, 0.29) is 7.25 Å². The Morgan fingerprint density at radius 2 is 0.882 bits per heavy atom. The molecule has 8 heteroatoms. The molecule has 0 saturated heterocycles. The normalized spacial score (nSPS) is 17.4. The van der Waals surface area contributed by atoms with E-state index in [1.54, 1.807) is 20.7 Å². The second-order valence-electron chi connectivity index (χ2n) is 28.6. The summed E-state index contributed by atoms with van der Waals surface area (Å²) in [6.07, 6.45) is 11.5. The zero-order chi connectivity index (χ0) is 55.3. The fourth-order valence-electron chi connectivity index (χ4n) is 13.7. The molecule has 0 spiro atoms. The monoisotopic (exact) mass is 1210 g/mol. The molecule has 2 unspecified atom stereocenters. The van der Waals surface area contributed by atoms with Gasteiger partial charge in [-0.25, -0.2) is 0 Å². The van der Waals surface area contributed by atoms with Gasteiger partial charge in [-0.15, -0.1) is 0 Å². The number of benzene rings is 6. The average molecular weight is 1210 g/mol. The molecule has 0 amide bonds. The zero-order valence-corrected chi connectivity index (χ0v) is 59.4. The van der Waals surface area contributed by atoms with E-state index in [9.17, 15) is 17.0 Å². The summed E-state index contributed by atoms with van der Waals surface area (Å²) in [6, 6.07) is 42.3. The predicted octanol–water partition coefficient (Wildman–Crippen LogP) is 16.2. The second-order valence-corrected chi connectivity index (χ2v) is 71.4. The molecule has 401 valence electrons. The maximum absolute atomic E-state index is 9.85. The Morgan fingerprint density at radius 1 is 0.487 bits per heavy atom.